The largest absolute Gasteiger partial charge is 0.359 e. The number of hydrogen-bond donors (Lipinski definition) is 1. The Hall–Kier alpha value is -3.36. The Labute approximate surface area is 242 Å². The Morgan fingerprint density at radius 1 is 0.707 bits per heavy atom. The topological polar surface area (TPSA) is 72.2 Å². The lowest BCUT2D eigenvalue weighted by atomic mass is 9.80. The lowest BCUT2D eigenvalue weighted by Gasteiger charge is -2.37. The summed E-state index contributed by atoms with van der Waals surface area (Å²) in [7, 11) is 0. The van der Waals surface area contributed by atoms with Crippen LogP contribution in [0.5, 0.6) is 0 Å². The summed E-state index contributed by atoms with van der Waals surface area (Å²) in [6, 6.07) is 40.3. The number of ether oxygens (including phenoxy) is 5. The predicted octanol–water partition coefficient (Wildman–Crippen LogP) is 5.78. The summed E-state index contributed by atoms with van der Waals surface area (Å²) in [6.07, 6.45) is -1.88. The summed E-state index contributed by atoms with van der Waals surface area (Å²) in [4.78, 5) is 0. The fourth-order valence-corrected chi connectivity index (χ4v) is 5.91. The van der Waals surface area contributed by atoms with E-state index in [0.29, 0.717) is 6.61 Å². The third kappa shape index (κ3) is 5.72. The second-order valence-corrected chi connectivity index (χ2v) is 11.1. The van der Waals surface area contributed by atoms with Crippen LogP contribution in [0.3, 0.4) is 0 Å². The number of rotatable bonds is 10. The smallest absolute Gasteiger partial charge is 0.187 e. The van der Waals surface area contributed by atoms with Crippen molar-refractivity contribution in [3.63, 3.8) is 0 Å². The highest BCUT2D eigenvalue weighted by Gasteiger charge is 2.57. The molecule has 4 aromatic carbocycles. The maximum Gasteiger partial charge on any atom is 0.187 e. The third-order valence-electron chi connectivity index (χ3n) is 7.76. The molecule has 2 fully saturated rings. The molecular formula is C35H37NO5. The van der Waals surface area contributed by atoms with Gasteiger partial charge in [0.15, 0.2) is 12.1 Å². The van der Waals surface area contributed by atoms with Gasteiger partial charge in [-0.2, -0.15) is 0 Å². The Bertz CT molecular complexity index is 1290. The van der Waals surface area contributed by atoms with Crippen molar-refractivity contribution in [3.05, 3.63) is 144 Å². The Morgan fingerprint density at radius 2 is 1.17 bits per heavy atom. The first-order chi connectivity index (χ1) is 20.0. The zero-order valence-corrected chi connectivity index (χ0v) is 23.5. The average molecular weight is 552 g/mol. The van der Waals surface area contributed by atoms with Gasteiger partial charge in [0, 0.05) is 0 Å². The van der Waals surface area contributed by atoms with Crippen molar-refractivity contribution in [2.75, 3.05) is 6.61 Å². The van der Waals surface area contributed by atoms with Gasteiger partial charge in [-0.15, -0.1) is 0 Å². The zero-order chi connectivity index (χ0) is 28.3. The van der Waals surface area contributed by atoms with Crippen molar-refractivity contribution in [3.8, 4) is 0 Å². The summed E-state index contributed by atoms with van der Waals surface area (Å²) in [5.41, 5.74) is 10.1. The molecule has 6 nitrogen and oxygen atoms in total. The van der Waals surface area contributed by atoms with Crippen LogP contribution in [0.25, 0.3) is 0 Å². The van der Waals surface area contributed by atoms with Crippen LogP contribution in [0.15, 0.2) is 121 Å². The van der Waals surface area contributed by atoms with Gasteiger partial charge in [-0.1, -0.05) is 121 Å². The average Bonchev–Trinajstić information content (AvgIpc) is 3.51. The normalized spacial score (nSPS) is 24.2. The fourth-order valence-electron chi connectivity index (χ4n) is 5.91. The van der Waals surface area contributed by atoms with Gasteiger partial charge in [-0.05, 0) is 36.1 Å². The first-order valence-electron chi connectivity index (χ1n) is 14.2. The van der Waals surface area contributed by atoms with Gasteiger partial charge in [0.05, 0.1) is 19.3 Å². The second kappa shape index (κ2) is 11.9. The summed E-state index contributed by atoms with van der Waals surface area (Å²) >= 11 is 0. The molecule has 2 heterocycles. The van der Waals surface area contributed by atoms with Crippen LogP contribution >= 0.6 is 0 Å². The van der Waals surface area contributed by atoms with E-state index in [0.717, 1.165) is 22.3 Å². The second-order valence-electron chi connectivity index (χ2n) is 11.1. The minimum Gasteiger partial charge on any atom is -0.359 e. The number of benzene rings is 4. The van der Waals surface area contributed by atoms with Gasteiger partial charge in [0.25, 0.3) is 0 Å². The lowest BCUT2D eigenvalue weighted by molar-refractivity contribution is -0.239. The van der Waals surface area contributed by atoms with Crippen molar-refractivity contribution >= 4 is 0 Å². The molecule has 0 aliphatic carbocycles. The first-order valence-corrected chi connectivity index (χ1v) is 14.2. The first kappa shape index (κ1) is 27.8. The Morgan fingerprint density at radius 3 is 1.68 bits per heavy atom. The summed E-state index contributed by atoms with van der Waals surface area (Å²) < 4.78 is 32.2. The molecule has 0 amide bonds. The van der Waals surface area contributed by atoms with Crippen molar-refractivity contribution in [1.29, 1.82) is 0 Å². The molecule has 0 spiro atoms. The van der Waals surface area contributed by atoms with Gasteiger partial charge >= 0.3 is 0 Å². The van der Waals surface area contributed by atoms with Crippen LogP contribution in [0.1, 0.15) is 36.1 Å². The minimum absolute atomic E-state index is 0.210. The Kier molecular flexibility index (Phi) is 8.04. The summed E-state index contributed by atoms with van der Waals surface area (Å²) in [5.74, 6) is -0.770. The highest BCUT2D eigenvalue weighted by Crippen LogP contribution is 2.43. The van der Waals surface area contributed by atoms with Gasteiger partial charge < -0.3 is 29.4 Å². The van der Waals surface area contributed by atoms with Crippen molar-refractivity contribution in [2.45, 2.75) is 62.5 Å². The van der Waals surface area contributed by atoms with E-state index in [1.807, 2.05) is 98.8 Å². The number of nitrogens with two attached hydrogens (primary N) is 1. The van der Waals surface area contributed by atoms with Crippen LogP contribution in [0, 0.1) is 0 Å². The molecule has 5 atom stereocenters. The molecule has 0 saturated carbocycles. The minimum atomic E-state index is -0.880. The van der Waals surface area contributed by atoms with Crippen LogP contribution in [-0.2, 0) is 35.9 Å². The van der Waals surface area contributed by atoms with Crippen molar-refractivity contribution < 1.29 is 23.7 Å². The van der Waals surface area contributed by atoms with Gasteiger partial charge in [0.1, 0.15) is 23.9 Å². The molecule has 0 unspecified atom stereocenters. The van der Waals surface area contributed by atoms with Crippen LogP contribution in [-0.4, -0.2) is 43.0 Å². The monoisotopic (exact) mass is 551 g/mol. The number of hydrogen-bond acceptors (Lipinski definition) is 6. The molecule has 0 bridgehead atoms. The quantitative estimate of drug-likeness (QED) is 0.252. The van der Waals surface area contributed by atoms with Crippen LogP contribution < -0.4 is 5.73 Å². The standard InChI is InChI=1S/C35H37NO5/c1-34(2)40-31-30(39-33(32(31)41-34)37-23-25-15-7-3-8-16-25)29(36)24-38-35(26-17-9-4-10-18-26,27-19-11-5-12-20-27)28-21-13-6-14-22-28/h3-22,29-33H,23-24,36H2,1-2H3/t29-,30+,31-,32+,33-/m0/s1. The molecular weight excluding hydrogens is 514 g/mol. The van der Waals surface area contributed by atoms with E-state index >= 15 is 0 Å². The van der Waals surface area contributed by atoms with E-state index < -0.39 is 35.9 Å². The highest BCUT2D eigenvalue weighted by molar-refractivity contribution is 5.47. The molecule has 6 heteroatoms. The molecule has 2 aliphatic rings. The van der Waals surface area contributed by atoms with E-state index in [1.165, 1.54) is 0 Å². The molecule has 0 radical (unpaired) electrons. The molecule has 2 N–H and O–H groups in total. The SMILES string of the molecule is CC1(C)O[C@@H]2[C@@H](O1)[C@@H](OCc1ccccc1)O[C@@H]2[C@@H](N)COC(c1ccccc1)(c1ccccc1)c1ccccc1. The van der Waals surface area contributed by atoms with E-state index in [-0.39, 0.29) is 12.7 Å². The predicted molar refractivity (Wildman–Crippen MR) is 157 cm³/mol. The fraction of sp³-hybridized carbons (Fsp3) is 0.314. The van der Waals surface area contributed by atoms with Gasteiger partial charge in [0.2, 0.25) is 0 Å². The molecule has 41 heavy (non-hydrogen) atoms. The van der Waals surface area contributed by atoms with E-state index in [4.69, 9.17) is 29.4 Å². The molecule has 212 valence electrons. The van der Waals surface area contributed by atoms with Gasteiger partial charge in [-0.25, -0.2) is 0 Å². The molecule has 2 aliphatic heterocycles. The van der Waals surface area contributed by atoms with Crippen molar-refractivity contribution in [2.24, 2.45) is 5.73 Å². The van der Waals surface area contributed by atoms with Crippen LogP contribution in [0.4, 0.5) is 0 Å². The lowest BCUT2D eigenvalue weighted by Crippen LogP contribution is -2.48. The molecule has 0 aromatic heterocycles. The summed E-state index contributed by atoms with van der Waals surface area (Å²) in [5, 5.41) is 0. The third-order valence-corrected chi connectivity index (χ3v) is 7.76. The van der Waals surface area contributed by atoms with Crippen molar-refractivity contribution in [1.82, 2.24) is 0 Å². The van der Waals surface area contributed by atoms with E-state index in [1.54, 1.807) is 0 Å². The molecule has 4 aromatic rings. The summed E-state index contributed by atoms with van der Waals surface area (Å²) in [6.45, 7) is 4.42. The van der Waals surface area contributed by atoms with E-state index in [9.17, 15) is 0 Å². The molecule has 2 saturated heterocycles. The van der Waals surface area contributed by atoms with Gasteiger partial charge in [-0.3, -0.25) is 0 Å². The van der Waals surface area contributed by atoms with Crippen LogP contribution in [0.2, 0.25) is 0 Å². The zero-order valence-electron chi connectivity index (χ0n) is 23.5. The van der Waals surface area contributed by atoms with E-state index in [2.05, 4.69) is 36.4 Å². The maximum atomic E-state index is 6.98. The maximum absolute atomic E-state index is 6.98. The molecule has 6 rings (SSSR count). The highest BCUT2D eigenvalue weighted by atomic mass is 16.8. The number of fused-ring (bicyclic) bond motifs is 1. The Balaban J connectivity index is 1.28.